The SMILES string of the molecule is CC(C)CC(NC(=O)C(NC(=O)C(N)CO)C(C)O)C(=O)NC(CCC(=O)O)C(=O)O. The molecular formula is C18H32N4O9. The van der Waals surface area contributed by atoms with E-state index >= 15 is 0 Å². The minimum absolute atomic E-state index is 0.0967. The summed E-state index contributed by atoms with van der Waals surface area (Å²) in [6, 6.07) is -5.52. The van der Waals surface area contributed by atoms with Crippen LogP contribution in [0.2, 0.25) is 0 Å². The van der Waals surface area contributed by atoms with Crippen LogP contribution in [0.25, 0.3) is 0 Å². The van der Waals surface area contributed by atoms with Gasteiger partial charge in [0.2, 0.25) is 17.7 Å². The zero-order valence-corrected chi connectivity index (χ0v) is 17.7. The molecule has 0 aliphatic rings. The van der Waals surface area contributed by atoms with E-state index in [0.29, 0.717) is 0 Å². The highest BCUT2D eigenvalue weighted by Crippen LogP contribution is 2.08. The van der Waals surface area contributed by atoms with Gasteiger partial charge >= 0.3 is 11.9 Å². The van der Waals surface area contributed by atoms with Crippen LogP contribution in [0.4, 0.5) is 0 Å². The predicted octanol–water partition coefficient (Wildman–Crippen LogP) is -2.86. The first kappa shape index (κ1) is 28.2. The number of carboxylic acid groups (broad SMARTS) is 2. The zero-order valence-electron chi connectivity index (χ0n) is 17.7. The van der Waals surface area contributed by atoms with Gasteiger partial charge in [-0.1, -0.05) is 13.8 Å². The van der Waals surface area contributed by atoms with Crippen LogP contribution in [-0.4, -0.2) is 87.0 Å². The van der Waals surface area contributed by atoms with Crippen molar-refractivity contribution < 1.29 is 44.4 Å². The van der Waals surface area contributed by atoms with Crippen molar-refractivity contribution in [3.8, 4) is 0 Å². The van der Waals surface area contributed by atoms with Crippen molar-refractivity contribution in [2.45, 2.75) is 70.3 Å². The molecule has 5 unspecified atom stereocenters. The van der Waals surface area contributed by atoms with Gasteiger partial charge in [-0.2, -0.15) is 0 Å². The Balaban J connectivity index is 5.40. The Morgan fingerprint density at radius 3 is 1.84 bits per heavy atom. The molecule has 0 aliphatic carbocycles. The van der Waals surface area contributed by atoms with E-state index in [2.05, 4.69) is 16.0 Å². The van der Waals surface area contributed by atoms with Crippen LogP contribution in [0.5, 0.6) is 0 Å². The predicted molar refractivity (Wildman–Crippen MR) is 106 cm³/mol. The number of amides is 3. The van der Waals surface area contributed by atoms with E-state index in [9.17, 15) is 34.2 Å². The third kappa shape index (κ3) is 10.7. The van der Waals surface area contributed by atoms with Gasteiger partial charge in [0, 0.05) is 6.42 Å². The third-order valence-electron chi connectivity index (χ3n) is 4.20. The molecule has 0 aliphatic heterocycles. The van der Waals surface area contributed by atoms with Crippen LogP contribution in [0, 0.1) is 5.92 Å². The molecule has 0 saturated carbocycles. The van der Waals surface area contributed by atoms with Gasteiger partial charge in [-0.15, -0.1) is 0 Å². The van der Waals surface area contributed by atoms with Gasteiger partial charge in [-0.05, 0) is 25.7 Å². The summed E-state index contributed by atoms with van der Waals surface area (Å²) in [5.41, 5.74) is 5.38. The molecule has 0 radical (unpaired) electrons. The molecule has 13 heteroatoms. The van der Waals surface area contributed by atoms with Crippen LogP contribution in [0.1, 0.15) is 40.0 Å². The lowest BCUT2D eigenvalue weighted by molar-refractivity contribution is -0.143. The van der Waals surface area contributed by atoms with E-state index in [1.807, 2.05) is 0 Å². The Bertz CT molecular complexity index is 654. The molecule has 0 aromatic rings. The summed E-state index contributed by atoms with van der Waals surface area (Å²) in [4.78, 5) is 59.1. The fourth-order valence-corrected chi connectivity index (χ4v) is 2.51. The topological polar surface area (TPSA) is 228 Å². The van der Waals surface area contributed by atoms with Crippen molar-refractivity contribution in [1.29, 1.82) is 0 Å². The Morgan fingerprint density at radius 1 is 0.871 bits per heavy atom. The molecule has 13 nitrogen and oxygen atoms in total. The van der Waals surface area contributed by atoms with Crippen molar-refractivity contribution >= 4 is 29.7 Å². The average molecular weight is 448 g/mol. The van der Waals surface area contributed by atoms with Crippen molar-refractivity contribution in [2.75, 3.05) is 6.61 Å². The van der Waals surface area contributed by atoms with Crippen molar-refractivity contribution in [3.05, 3.63) is 0 Å². The number of hydrogen-bond donors (Lipinski definition) is 8. The first-order chi connectivity index (χ1) is 14.3. The number of aliphatic carboxylic acids is 2. The quantitative estimate of drug-likeness (QED) is 0.135. The largest absolute Gasteiger partial charge is 0.481 e. The number of aliphatic hydroxyl groups is 2. The Hall–Kier alpha value is -2.77. The normalized spacial score (nSPS) is 15.8. The van der Waals surface area contributed by atoms with Crippen molar-refractivity contribution in [1.82, 2.24) is 16.0 Å². The minimum Gasteiger partial charge on any atom is -0.481 e. The number of carboxylic acids is 2. The highest BCUT2D eigenvalue weighted by molar-refractivity contribution is 5.94. The lowest BCUT2D eigenvalue weighted by Crippen LogP contribution is -2.60. The van der Waals surface area contributed by atoms with Gasteiger partial charge in [-0.25, -0.2) is 4.79 Å². The second-order valence-electron chi connectivity index (χ2n) is 7.54. The number of carbonyl (C=O) groups is 5. The fourth-order valence-electron chi connectivity index (χ4n) is 2.51. The summed E-state index contributed by atoms with van der Waals surface area (Å²) in [5, 5.41) is 43.5. The summed E-state index contributed by atoms with van der Waals surface area (Å²) in [6.45, 7) is 4.03. The Morgan fingerprint density at radius 2 is 1.42 bits per heavy atom. The molecule has 0 rings (SSSR count). The van der Waals surface area contributed by atoms with Gasteiger partial charge < -0.3 is 42.1 Å². The van der Waals surface area contributed by atoms with Gasteiger partial charge in [-0.3, -0.25) is 19.2 Å². The average Bonchev–Trinajstić information content (AvgIpc) is 2.66. The number of rotatable bonds is 14. The molecule has 0 saturated heterocycles. The van der Waals surface area contributed by atoms with Crippen molar-refractivity contribution in [3.63, 3.8) is 0 Å². The first-order valence-electron chi connectivity index (χ1n) is 9.70. The molecule has 31 heavy (non-hydrogen) atoms. The molecule has 0 spiro atoms. The lowest BCUT2D eigenvalue weighted by atomic mass is 10.0. The molecule has 3 amide bonds. The summed E-state index contributed by atoms with van der Waals surface area (Å²) < 4.78 is 0. The molecule has 0 bridgehead atoms. The molecule has 5 atom stereocenters. The number of nitrogens with one attached hydrogen (secondary N) is 3. The first-order valence-corrected chi connectivity index (χ1v) is 9.70. The third-order valence-corrected chi connectivity index (χ3v) is 4.20. The van der Waals surface area contributed by atoms with Crippen LogP contribution in [-0.2, 0) is 24.0 Å². The second kappa shape index (κ2) is 13.5. The summed E-state index contributed by atoms with van der Waals surface area (Å²) in [6.07, 6.45) is -2.12. The van der Waals surface area contributed by atoms with Gasteiger partial charge in [0.15, 0.2) is 0 Å². The van der Waals surface area contributed by atoms with E-state index in [-0.39, 0.29) is 18.8 Å². The number of aliphatic hydroxyl groups excluding tert-OH is 2. The van der Waals surface area contributed by atoms with Gasteiger partial charge in [0.25, 0.3) is 0 Å². The van der Waals surface area contributed by atoms with Crippen LogP contribution >= 0.6 is 0 Å². The number of carbonyl (C=O) groups excluding carboxylic acids is 3. The fraction of sp³-hybridized carbons (Fsp3) is 0.722. The Kier molecular flexibility index (Phi) is 12.3. The smallest absolute Gasteiger partial charge is 0.326 e. The lowest BCUT2D eigenvalue weighted by Gasteiger charge is -2.27. The van der Waals surface area contributed by atoms with Gasteiger partial charge in [0.05, 0.1) is 12.7 Å². The van der Waals surface area contributed by atoms with Gasteiger partial charge in [0.1, 0.15) is 24.2 Å². The number of hydrogen-bond acceptors (Lipinski definition) is 8. The minimum atomic E-state index is -1.49. The van der Waals surface area contributed by atoms with Crippen LogP contribution in [0.3, 0.4) is 0 Å². The molecule has 0 aromatic heterocycles. The highest BCUT2D eigenvalue weighted by Gasteiger charge is 2.32. The number of nitrogens with two attached hydrogens (primary N) is 1. The van der Waals surface area contributed by atoms with Crippen LogP contribution in [0.15, 0.2) is 0 Å². The molecule has 178 valence electrons. The second-order valence-corrected chi connectivity index (χ2v) is 7.54. The van der Waals surface area contributed by atoms with E-state index in [1.54, 1.807) is 13.8 Å². The standard InChI is InChI=1S/C18H32N4O9/c1-8(2)6-12(16(28)20-11(18(30)31)4-5-13(25)26)21-17(29)14(9(3)24)22-15(27)10(19)7-23/h8-12,14,23-24H,4-7,19H2,1-3H3,(H,20,28)(H,21,29)(H,22,27)(H,25,26)(H,30,31). The van der Waals surface area contributed by atoms with Crippen LogP contribution < -0.4 is 21.7 Å². The maximum absolute atomic E-state index is 12.6. The zero-order chi connectivity index (χ0) is 24.3. The monoisotopic (exact) mass is 448 g/mol. The molecule has 0 aromatic carbocycles. The molecule has 0 heterocycles. The summed E-state index contributed by atoms with van der Waals surface area (Å²) >= 11 is 0. The van der Waals surface area contributed by atoms with E-state index in [0.717, 1.165) is 0 Å². The summed E-state index contributed by atoms with van der Waals surface area (Å²) in [7, 11) is 0. The Labute approximate surface area is 179 Å². The van der Waals surface area contributed by atoms with E-state index in [1.165, 1.54) is 6.92 Å². The highest BCUT2D eigenvalue weighted by atomic mass is 16.4. The maximum atomic E-state index is 12.6. The van der Waals surface area contributed by atoms with Crippen molar-refractivity contribution in [2.24, 2.45) is 11.7 Å². The van der Waals surface area contributed by atoms with E-state index in [4.69, 9.17) is 15.9 Å². The molecule has 0 fully saturated rings. The summed E-state index contributed by atoms with van der Waals surface area (Å²) in [5.74, 6) is -5.46. The maximum Gasteiger partial charge on any atom is 0.326 e. The van der Waals surface area contributed by atoms with E-state index < -0.39 is 73.0 Å². The molecular weight excluding hydrogens is 416 g/mol. The molecule has 9 N–H and O–H groups in total.